The zero-order valence-corrected chi connectivity index (χ0v) is 13.5. The Balaban J connectivity index is 1.95. The molecule has 0 saturated carbocycles. The van der Waals surface area contributed by atoms with Crippen molar-refractivity contribution in [1.29, 1.82) is 0 Å². The molecule has 0 unspecified atom stereocenters. The molecule has 0 spiro atoms. The predicted molar refractivity (Wildman–Crippen MR) is 91.4 cm³/mol. The van der Waals surface area contributed by atoms with Gasteiger partial charge in [-0.05, 0) is 35.4 Å². The van der Waals surface area contributed by atoms with E-state index in [9.17, 15) is 9.18 Å². The molecule has 0 aliphatic carbocycles. The Bertz CT molecular complexity index is 877. The molecule has 3 nitrogen and oxygen atoms in total. The minimum Gasteiger partial charge on any atom is -0.464 e. The van der Waals surface area contributed by atoms with Crippen molar-refractivity contribution < 1.29 is 13.9 Å². The van der Waals surface area contributed by atoms with E-state index in [1.807, 2.05) is 24.3 Å². The summed E-state index contributed by atoms with van der Waals surface area (Å²) in [7, 11) is 1.29. The number of carbonyl (C=O) groups excluding carboxylic acids is 1. The number of hydrogen-bond donors (Lipinski definition) is 0. The third-order valence-electron chi connectivity index (χ3n) is 3.54. The second-order valence-corrected chi connectivity index (χ2v) is 5.57. The number of pyridine rings is 1. The van der Waals surface area contributed by atoms with Crippen molar-refractivity contribution in [2.45, 2.75) is 0 Å². The number of esters is 1. The van der Waals surface area contributed by atoms with Gasteiger partial charge in [-0.15, -0.1) is 0 Å². The third-order valence-corrected chi connectivity index (χ3v) is 3.76. The minimum atomic E-state index is -0.540. The van der Waals surface area contributed by atoms with Crippen LogP contribution in [0.5, 0.6) is 0 Å². The SMILES string of the molecule is COC(=O)c1cc(Cl)cc(-c2ccc(-c3ccc(F)cc3)cc2)n1. The van der Waals surface area contributed by atoms with Crippen LogP contribution in [-0.2, 0) is 4.74 Å². The summed E-state index contributed by atoms with van der Waals surface area (Å²) in [6.07, 6.45) is 0. The van der Waals surface area contributed by atoms with Crippen molar-refractivity contribution in [1.82, 2.24) is 4.98 Å². The van der Waals surface area contributed by atoms with E-state index in [0.29, 0.717) is 10.7 Å². The summed E-state index contributed by atoms with van der Waals surface area (Å²) >= 11 is 6.06. The van der Waals surface area contributed by atoms with Crippen molar-refractivity contribution in [3.63, 3.8) is 0 Å². The van der Waals surface area contributed by atoms with Crippen molar-refractivity contribution in [3.05, 3.63) is 77.2 Å². The first-order valence-corrected chi connectivity index (χ1v) is 7.57. The van der Waals surface area contributed by atoms with E-state index < -0.39 is 5.97 Å². The molecule has 0 N–H and O–H groups in total. The lowest BCUT2D eigenvalue weighted by molar-refractivity contribution is 0.0594. The molecule has 0 aliphatic rings. The molecule has 0 saturated heterocycles. The van der Waals surface area contributed by atoms with Gasteiger partial charge >= 0.3 is 5.97 Å². The molecule has 3 aromatic rings. The van der Waals surface area contributed by atoms with Crippen molar-refractivity contribution in [2.75, 3.05) is 7.11 Å². The van der Waals surface area contributed by atoms with Gasteiger partial charge in [-0.1, -0.05) is 48.0 Å². The molecule has 120 valence electrons. The van der Waals surface area contributed by atoms with E-state index in [4.69, 9.17) is 11.6 Å². The van der Waals surface area contributed by atoms with E-state index in [0.717, 1.165) is 16.7 Å². The van der Waals surface area contributed by atoms with Gasteiger partial charge in [-0.2, -0.15) is 0 Å². The molecule has 0 atom stereocenters. The van der Waals surface area contributed by atoms with E-state index in [-0.39, 0.29) is 11.5 Å². The minimum absolute atomic E-state index is 0.155. The van der Waals surface area contributed by atoms with Gasteiger partial charge in [-0.3, -0.25) is 0 Å². The van der Waals surface area contributed by atoms with Crippen LogP contribution in [0, 0.1) is 5.82 Å². The normalized spacial score (nSPS) is 10.5. The summed E-state index contributed by atoms with van der Waals surface area (Å²) in [5.41, 5.74) is 3.41. The third kappa shape index (κ3) is 3.44. The Kier molecular flexibility index (Phi) is 4.58. The topological polar surface area (TPSA) is 39.2 Å². The predicted octanol–water partition coefficient (Wildman–Crippen LogP) is 4.99. The molecule has 2 aromatic carbocycles. The average Bonchev–Trinajstić information content (AvgIpc) is 2.61. The molecule has 0 aliphatic heterocycles. The number of methoxy groups -OCH3 is 1. The molecule has 0 amide bonds. The summed E-state index contributed by atoms with van der Waals surface area (Å²) in [4.78, 5) is 15.9. The Hall–Kier alpha value is -2.72. The largest absolute Gasteiger partial charge is 0.464 e. The van der Waals surface area contributed by atoms with Crippen molar-refractivity contribution in [2.24, 2.45) is 0 Å². The summed E-state index contributed by atoms with van der Waals surface area (Å²) in [5.74, 6) is -0.810. The van der Waals surface area contributed by atoms with E-state index in [1.54, 1.807) is 18.2 Å². The molecule has 24 heavy (non-hydrogen) atoms. The maximum atomic E-state index is 13.0. The Morgan fingerprint density at radius 1 is 0.958 bits per heavy atom. The van der Waals surface area contributed by atoms with Gasteiger partial charge in [0.1, 0.15) is 5.82 Å². The lowest BCUT2D eigenvalue weighted by Crippen LogP contribution is -2.04. The van der Waals surface area contributed by atoms with Gasteiger partial charge in [-0.25, -0.2) is 14.2 Å². The number of halogens is 2. The van der Waals surface area contributed by atoms with Gasteiger partial charge < -0.3 is 4.74 Å². The van der Waals surface area contributed by atoms with Crippen LogP contribution in [-0.4, -0.2) is 18.1 Å². The van der Waals surface area contributed by atoms with Crippen molar-refractivity contribution in [3.8, 4) is 22.4 Å². The fourth-order valence-corrected chi connectivity index (χ4v) is 2.54. The van der Waals surface area contributed by atoms with Gasteiger partial charge in [0.2, 0.25) is 0 Å². The molecule has 0 bridgehead atoms. The zero-order valence-electron chi connectivity index (χ0n) is 12.8. The highest BCUT2D eigenvalue weighted by Gasteiger charge is 2.11. The second kappa shape index (κ2) is 6.81. The van der Waals surface area contributed by atoms with E-state index >= 15 is 0 Å². The summed E-state index contributed by atoms with van der Waals surface area (Å²) in [6.45, 7) is 0. The number of benzene rings is 2. The maximum Gasteiger partial charge on any atom is 0.356 e. The van der Waals surface area contributed by atoms with Crippen LogP contribution in [0.4, 0.5) is 4.39 Å². The Morgan fingerprint density at radius 2 is 1.50 bits per heavy atom. The van der Waals surface area contributed by atoms with Crippen LogP contribution in [0.15, 0.2) is 60.7 Å². The molecule has 1 aromatic heterocycles. The first kappa shape index (κ1) is 16.1. The first-order chi connectivity index (χ1) is 11.6. The number of nitrogens with zero attached hydrogens (tertiary/aromatic N) is 1. The van der Waals surface area contributed by atoms with E-state index in [1.165, 1.54) is 25.3 Å². The van der Waals surface area contributed by atoms with Gasteiger partial charge in [0.05, 0.1) is 12.8 Å². The Labute approximate surface area is 143 Å². The summed E-state index contributed by atoms with van der Waals surface area (Å²) < 4.78 is 17.7. The first-order valence-electron chi connectivity index (χ1n) is 7.19. The zero-order chi connectivity index (χ0) is 17.1. The lowest BCUT2D eigenvalue weighted by Gasteiger charge is -2.07. The van der Waals surface area contributed by atoms with Crippen LogP contribution in [0.2, 0.25) is 5.02 Å². The molecule has 5 heteroatoms. The van der Waals surface area contributed by atoms with Crippen LogP contribution in [0.1, 0.15) is 10.5 Å². The average molecular weight is 342 g/mol. The smallest absolute Gasteiger partial charge is 0.356 e. The highest BCUT2D eigenvalue weighted by atomic mass is 35.5. The fraction of sp³-hybridized carbons (Fsp3) is 0.0526. The number of hydrogen-bond acceptors (Lipinski definition) is 3. The highest BCUT2D eigenvalue weighted by molar-refractivity contribution is 6.31. The van der Waals surface area contributed by atoms with Gasteiger partial charge in [0, 0.05) is 10.6 Å². The highest BCUT2D eigenvalue weighted by Crippen LogP contribution is 2.26. The number of aromatic nitrogens is 1. The van der Waals surface area contributed by atoms with E-state index in [2.05, 4.69) is 9.72 Å². The van der Waals surface area contributed by atoms with Gasteiger partial charge in [0.25, 0.3) is 0 Å². The second-order valence-electron chi connectivity index (χ2n) is 5.13. The molecule has 3 rings (SSSR count). The number of ether oxygens (including phenoxy) is 1. The van der Waals surface area contributed by atoms with Crippen LogP contribution < -0.4 is 0 Å². The lowest BCUT2D eigenvalue weighted by atomic mass is 10.0. The molecule has 0 radical (unpaired) electrons. The summed E-state index contributed by atoms with van der Waals surface area (Å²) in [5, 5.41) is 0.406. The summed E-state index contributed by atoms with van der Waals surface area (Å²) in [6, 6.07) is 17.0. The fourth-order valence-electron chi connectivity index (χ4n) is 2.33. The Morgan fingerprint density at radius 3 is 2.08 bits per heavy atom. The van der Waals surface area contributed by atoms with Gasteiger partial charge in [0.15, 0.2) is 5.69 Å². The molecular weight excluding hydrogens is 329 g/mol. The number of carbonyl (C=O) groups is 1. The molecule has 1 heterocycles. The standard InChI is InChI=1S/C19H13ClFNO2/c1-24-19(23)18-11-15(20)10-17(22-18)14-4-2-12(3-5-14)13-6-8-16(21)9-7-13/h2-11H,1H3. The molecular formula is C19H13ClFNO2. The monoisotopic (exact) mass is 341 g/mol. The van der Waals surface area contributed by atoms with Crippen LogP contribution in [0.25, 0.3) is 22.4 Å². The van der Waals surface area contributed by atoms with Crippen molar-refractivity contribution >= 4 is 17.6 Å². The van der Waals surface area contributed by atoms with Crippen LogP contribution >= 0.6 is 11.6 Å². The van der Waals surface area contributed by atoms with Crippen LogP contribution in [0.3, 0.4) is 0 Å². The maximum absolute atomic E-state index is 13.0. The quantitative estimate of drug-likeness (QED) is 0.630. The number of rotatable bonds is 3. The molecule has 0 fully saturated rings.